The molecule has 1 fully saturated rings. The van der Waals surface area contributed by atoms with Crippen molar-refractivity contribution in [1.29, 1.82) is 0 Å². The molecule has 5 nitrogen and oxygen atoms in total. The number of hydrogen-bond acceptors (Lipinski definition) is 4. The van der Waals surface area contributed by atoms with Gasteiger partial charge in [-0.25, -0.2) is 0 Å². The number of hydrogen-bond donors (Lipinski definition) is 1. The number of amides is 1. The molecule has 1 aliphatic rings. The fraction of sp³-hybridized carbons (Fsp3) is 0.917. The van der Waals surface area contributed by atoms with E-state index in [9.17, 15) is 4.79 Å². The van der Waals surface area contributed by atoms with Crippen molar-refractivity contribution in [3.63, 3.8) is 0 Å². The van der Waals surface area contributed by atoms with Crippen LogP contribution in [0.4, 0.5) is 0 Å². The average Bonchev–Trinajstić information content (AvgIpc) is 2.62. The zero-order valence-corrected chi connectivity index (χ0v) is 11.2. The third-order valence-electron chi connectivity index (χ3n) is 3.55. The van der Waals surface area contributed by atoms with Gasteiger partial charge < -0.3 is 20.1 Å². The van der Waals surface area contributed by atoms with Crippen LogP contribution in [0.3, 0.4) is 0 Å². The van der Waals surface area contributed by atoms with Crippen molar-refractivity contribution in [2.45, 2.75) is 32.9 Å². The topological polar surface area (TPSA) is 64.8 Å². The molecule has 1 saturated heterocycles. The van der Waals surface area contributed by atoms with Crippen LogP contribution >= 0.6 is 0 Å². The molecule has 1 amide bonds. The van der Waals surface area contributed by atoms with E-state index in [1.54, 1.807) is 7.11 Å². The van der Waals surface area contributed by atoms with E-state index in [0.717, 1.165) is 0 Å². The SMILES string of the molecule is CCN(C(=O)C1(C)COCC1N)C(C)COC. The first-order valence-electron chi connectivity index (χ1n) is 6.10. The predicted octanol–water partition coefficient (Wildman–Crippen LogP) is 0.234. The lowest BCUT2D eigenvalue weighted by atomic mass is 9.84. The highest BCUT2D eigenvalue weighted by molar-refractivity contribution is 5.84. The molecule has 0 bridgehead atoms. The number of likely N-dealkylation sites (N-methyl/N-ethyl adjacent to an activating group) is 1. The van der Waals surface area contributed by atoms with E-state index in [2.05, 4.69) is 0 Å². The predicted molar refractivity (Wildman–Crippen MR) is 65.6 cm³/mol. The van der Waals surface area contributed by atoms with Crippen LogP contribution in [-0.2, 0) is 14.3 Å². The number of carbonyl (C=O) groups is 1. The molecular formula is C12H24N2O3. The minimum absolute atomic E-state index is 0.0575. The van der Waals surface area contributed by atoms with E-state index < -0.39 is 5.41 Å². The van der Waals surface area contributed by atoms with Crippen molar-refractivity contribution in [3.05, 3.63) is 0 Å². The molecule has 5 heteroatoms. The van der Waals surface area contributed by atoms with Crippen LogP contribution in [0.5, 0.6) is 0 Å². The Morgan fingerprint density at radius 1 is 1.71 bits per heavy atom. The first kappa shape index (κ1) is 14.4. The second-order valence-electron chi connectivity index (χ2n) is 4.93. The van der Waals surface area contributed by atoms with E-state index in [0.29, 0.717) is 26.4 Å². The minimum atomic E-state index is -0.599. The average molecular weight is 244 g/mol. The van der Waals surface area contributed by atoms with Gasteiger partial charge in [0.1, 0.15) is 0 Å². The molecule has 1 heterocycles. The number of ether oxygens (including phenoxy) is 2. The fourth-order valence-electron chi connectivity index (χ4n) is 2.22. The summed E-state index contributed by atoms with van der Waals surface area (Å²) in [5.41, 5.74) is 5.38. The summed E-state index contributed by atoms with van der Waals surface area (Å²) >= 11 is 0. The Hall–Kier alpha value is -0.650. The Morgan fingerprint density at radius 3 is 2.76 bits per heavy atom. The van der Waals surface area contributed by atoms with Gasteiger partial charge in [0.2, 0.25) is 5.91 Å². The van der Waals surface area contributed by atoms with E-state index in [4.69, 9.17) is 15.2 Å². The summed E-state index contributed by atoms with van der Waals surface area (Å²) in [6, 6.07) is -0.166. The molecule has 0 aromatic carbocycles. The van der Waals surface area contributed by atoms with Gasteiger partial charge in [-0.1, -0.05) is 0 Å². The van der Waals surface area contributed by atoms with Crippen molar-refractivity contribution in [1.82, 2.24) is 4.90 Å². The molecule has 1 aliphatic heterocycles. The summed E-state index contributed by atoms with van der Waals surface area (Å²) in [5, 5.41) is 0. The lowest BCUT2D eigenvalue weighted by molar-refractivity contribution is -0.144. The van der Waals surface area contributed by atoms with Crippen LogP contribution in [0.25, 0.3) is 0 Å². The third kappa shape index (κ3) is 2.78. The molecule has 17 heavy (non-hydrogen) atoms. The summed E-state index contributed by atoms with van der Waals surface area (Å²) in [4.78, 5) is 14.4. The molecule has 2 N–H and O–H groups in total. The quantitative estimate of drug-likeness (QED) is 0.752. The van der Waals surface area contributed by atoms with Crippen LogP contribution in [-0.4, -0.2) is 56.4 Å². The highest BCUT2D eigenvalue weighted by Crippen LogP contribution is 2.30. The normalized spacial score (nSPS) is 30.3. The highest BCUT2D eigenvalue weighted by Gasteiger charge is 2.46. The summed E-state index contributed by atoms with van der Waals surface area (Å²) in [6.45, 7) is 7.89. The van der Waals surface area contributed by atoms with Gasteiger partial charge in [-0.3, -0.25) is 4.79 Å². The van der Waals surface area contributed by atoms with Crippen molar-refractivity contribution in [2.75, 3.05) is 33.5 Å². The zero-order valence-electron chi connectivity index (χ0n) is 11.2. The van der Waals surface area contributed by atoms with Crippen LogP contribution < -0.4 is 5.73 Å². The highest BCUT2D eigenvalue weighted by atomic mass is 16.5. The molecule has 100 valence electrons. The minimum Gasteiger partial charge on any atom is -0.383 e. The first-order chi connectivity index (χ1) is 7.97. The van der Waals surface area contributed by atoms with Crippen molar-refractivity contribution >= 4 is 5.91 Å². The Kier molecular flexibility index (Phi) is 4.91. The number of carbonyl (C=O) groups excluding carboxylic acids is 1. The maximum absolute atomic E-state index is 12.5. The zero-order chi connectivity index (χ0) is 13.1. The van der Waals surface area contributed by atoms with E-state index in [1.165, 1.54) is 0 Å². The van der Waals surface area contributed by atoms with Crippen molar-refractivity contribution < 1.29 is 14.3 Å². The van der Waals surface area contributed by atoms with Gasteiger partial charge >= 0.3 is 0 Å². The summed E-state index contributed by atoms with van der Waals surface area (Å²) in [6.07, 6.45) is 0. The molecule has 3 unspecified atom stereocenters. The van der Waals surface area contributed by atoms with E-state index >= 15 is 0 Å². The van der Waals surface area contributed by atoms with Gasteiger partial charge in [0.15, 0.2) is 0 Å². The van der Waals surface area contributed by atoms with Gasteiger partial charge in [0, 0.05) is 19.7 Å². The van der Waals surface area contributed by atoms with Gasteiger partial charge in [-0.15, -0.1) is 0 Å². The molecule has 1 rings (SSSR count). The number of nitrogens with zero attached hydrogens (tertiary/aromatic N) is 1. The second-order valence-corrected chi connectivity index (χ2v) is 4.93. The fourth-order valence-corrected chi connectivity index (χ4v) is 2.22. The Balaban J connectivity index is 2.78. The van der Waals surface area contributed by atoms with Gasteiger partial charge in [-0.2, -0.15) is 0 Å². The smallest absolute Gasteiger partial charge is 0.232 e. The Morgan fingerprint density at radius 2 is 2.35 bits per heavy atom. The van der Waals surface area contributed by atoms with Crippen molar-refractivity contribution in [2.24, 2.45) is 11.1 Å². The molecule has 0 aromatic heterocycles. The second kappa shape index (κ2) is 5.80. The summed E-state index contributed by atoms with van der Waals surface area (Å²) in [7, 11) is 1.64. The maximum Gasteiger partial charge on any atom is 0.232 e. The largest absolute Gasteiger partial charge is 0.383 e. The molecule has 3 atom stereocenters. The van der Waals surface area contributed by atoms with Gasteiger partial charge in [0.25, 0.3) is 0 Å². The van der Waals surface area contributed by atoms with Crippen LogP contribution in [0.1, 0.15) is 20.8 Å². The van der Waals surface area contributed by atoms with Gasteiger partial charge in [-0.05, 0) is 20.8 Å². The number of methoxy groups -OCH3 is 1. The van der Waals surface area contributed by atoms with Gasteiger partial charge in [0.05, 0.1) is 31.3 Å². The summed E-state index contributed by atoms with van der Waals surface area (Å²) in [5.74, 6) is 0.0644. The Labute approximate surface area is 103 Å². The molecule has 0 aliphatic carbocycles. The third-order valence-corrected chi connectivity index (χ3v) is 3.55. The molecular weight excluding hydrogens is 220 g/mol. The lowest BCUT2D eigenvalue weighted by Gasteiger charge is -2.36. The van der Waals surface area contributed by atoms with Crippen LogP contribution in [0.15, 0.2) is 0 Å². The first-order valence-corrected chi connectivity index (χ1v) is 6.10. The molecule has 0 aromatic rings. The van der Waals surface area contributed by atoms with Crippen LogP contribution in [0, 0.1) is 5.41 Å². The summed E-state index contributed by atoms with van der Waals surface area (Å²) < 4.78 is 10.4. The molecule has 0 saturated carbocycles. The number of nitrogens with two attached hydrogens (primary N) is 1. The van der Waals surface area contributed by atoms with E-state index in [1.807, 2.05) is 25.7 Å². The number of rotatable bonds is 5. The standard InChI is InChI=1S/C12H24N2O3/c1-5-14(9(2)6-16-4)11(15)12(3)8-17-7-10(12)13/h9-10H,5-8,13H2,1-4H3. The maximum atomic E-state index is 12.5. The Bertz CT molecular complexity index is 272. The molecule has 0 radical (unpaired) electrons. The molecule has 0 spiro atoms. The van der Waals surface area contributed by atoms with E-state index in [-0.39, 0.29) is 18.0 Å². The van der Waals surface area contributed by atoms with Crippen LogP contribution in [0.2, 0.25) is 0 Å². The lowest BCUT2D eigenvalue weighted by Crippen LogP contribution is -2.54. The monoisotopic (exact) mass is 244 g/mol. The van der Waals surface area contributed by atoms with Crippen molar-refractivity contribution in [3.8, 4) is 0 Å².